The van der Waals surface area contributed by atoms with Gasteiger partial charge in [-0.25, -0.2) is 0 Å². The summed E-state index contributed by atoms with van der Waals surface area (Å²) in [5, 5.41) is 8.22. The fourth-order valence-corrected chi connectivity index (χ4v) is 3.03. The highest BCUT2D eigenvalue weighted by Crippen LogP contribution is 2.14. The van der Waals surface area contributed by atoms with Crippen LogP contribution in [0, 0.1) is 6.92 Å². The van der Waals surface area contributed by atoms with Gasteiger partial charge in [-0.3, -0.25) is 9.58 Å². The molecule has 1 N–H and O–H groups in total. The molecule has 0 amide bonds. The molecule has 1 aromatic rings. The van der Waals surface area contributed by atoms with Crippen LogP contribution in [-0.2, 0) is 13.1 Å². The molecule has 1 atom stereocenters. The van der Waals surface area contributed by atoms with E-state index in [-0.39, 0.29) is 0 Å². The van der Waals surface area contributed by atoms with Gasteiger partial charge in [0.2, 0.25) is 0 Å². The number of aromatic nitrogens is 2. The molecule has 0 radical (unpaired) electrons. The van der Waals surface area contributed by atoms with Gasteiger partial charge >= 0.3 is 0 Å². The Kier molecular flexibility index (Phi) is 5.61. The van der Waals surface area contributed by atoms with Gasteiger partial charge in [-0.15, -0.1) is 0 Å². The Balaban J connectivity index is 2.00. The van der Waals surface area contributed by atoms with Crippen molar-refractivity contribution in [3.05, 3.63) is 17.5 Å². The molecule has 0 spiro atoms. The second kappa shape index (κ2) is 7.23. The summed E-state index contributed by atoms with van der Waals surface area (Å²) < 4.78 is 2.14. The molecule has 20 heavy (non-hydrogen) atoms. The summed E-state index contributed by atoms with van der Waals surface area (Å²) in [5.41, 5.74) is 2.47. The number of nitrogens with zero attached hydrogens (tertiary/aromatic N) is 3. The van der Waals surface area contributed by atoms with E-state index in [1.54, 1.807) is 0 Å². The number of aryl methyl sites for hydroxylation is 2. The summed E-state index contributed by atoms with van der Waals surface area (Å²) >= 11 is 0. The van der Waals surface area contributed by atoms with Crippen LogP contribution in [0.2, 0.25) is 0 Å². The largest absolute Gasteiger partial charge is 0.313 e. The molecule has 1 aliphatic heterocycles. The van der Waals surface area contributed by atoms with Crippen molar-refractivity contribution in [1.29, 1.82) is 0 Å². The average Bonchev–Trinajstić information content (AvgIpc) is 2.79. The molecule has 0 aliphatic carbocycles. The van der Waals surface area contributed by atoms with Crippen LogP contribution in [0.1, 0.15) is 51.4 Å². The van der Waals surface area contributed by atoms with Gasteiger partial charge in [0.15, 0.2) is 0 Å². The highest BCUT2D eigenvalue weighted by molar-refractivity contribution is 5.09. The molecule has 2 heterocycles. The van der Waals surface area contributed by atoms with E-state index in [9.17, 15) is 0 Å². The molecular weight excluding hydrogens is 248 g/mol. The number of rotatable bonds is 6. The first kappa shape index (κ1) is 15.5. The predicted octanol–water partition coefficient (Wildman–Crippen LogP) is 2.56. The van der Waals surface area contributed by atoms with Crippen molar-refractivity contribution in [3.63, 3.8) is 0 Å². The van der Waals surface area contributed by atoms with E-state index >= 15 is 0 Å². The fourth-order valence-electron chi connectivity index (χ4n) is 3.03. The SMILES string of the molecule is CCn1nc(C)cc1CN(CC1CCCCN1)C(C)C. The minimum Gasteiger partial charge on any atom is -0.313 e. The average molecular weight is 278 g/mol. The second-order valence-corrected chi connectivity index (χ2v) is 6.26. The van der Waals surface area contributed by atoms with Crippen molar-refractivity contribution >= 4 is 0 Å². The van der Waals surface area contributed by atoms with Gasteiger partial charge in [0.25, 0.3) is 0 Å². The Morgan fingerprint density at radius 1 is 1.45 bits per heavy atom. The van der Waals surface area contributed by atoms with Crippen LogP contribution in [0.3, 0.4) is 0 Å². The van der Waals surface area contributed by atoms with Gasteiger partial charge in [-0.2, -0.15) is 5.10 Å². The highest BCUT2D eigenvalue weighted by Gasteiger charge is 2.20. The van der Waals surface area contributed by atoms with Crippen LogP contribution in [0.15, 0.2) is 6.07 Å². The molecule has 114 valence electrons. The zero-order valence-electron chi connectivity index (χ0n) is 13.5. The van der Waals surface area contributed by atoms with Crippen molar-refractivity contribution in [2.45, 2.75) is 72.1 Å². The molecule has 1 saturated heterocycles. The summed E-state index contributed by atoms with van der Waals surface area (Å²) in [6.07, 6.45) is 4.02. The van der Waals surface area contributed by atoms with Crippen molar-refractivity contribution in [1.82, 2.24) is 20.0 Å². The van der Waals surface area contributed by atoms with Crippen molar-refractivity contribution in [2.75, 3.05) is 13.1 Å². The van der Waals surface area contributed by atoms with Crippen molar-refractivity contribution < 1.29 is 0 Å². The van der Waals surface area contributed by atoms with Gasteiger partial charge in [0.1, 0.15) is 0 Å². The van der Waals surface area contributed by atoms with Crippen molar-refractivity contribution in [3.8, 4) is 0 Å². The molecular formula is C16H30N4. The molecule has 1 aliphatic rings. The zero-order chi connectivity index (χ0) is 14.5. The maximum atomic E-state index is 4.56. The van der Waals surface area contributed by atoms with Gasteiger partial charge in [-0.1, -0.05) is 6.42 Å². The Labute approximate surface area is 123 Å². The minimum absolute atomic E-state index is 0.569. The maximum absolute atomic E-state index is 4.56. The Hall–Kier alpha value is -0.870. The lowest BCUT2D eigenvalue weighted by Crippen LogP contribution is -2.45. The molecule has 0 bridgehead atoms. The summed E-state index contributed by atoms with van der Waals surface area (Å²) in [7, 11) is 0. The molecule has 4 heteroatoms. The van der Waals surface area contributed by atoms with Crippen LogP contribution < -0.4 is 5.32 Å². The van der Waals surface area contributed by atoms with Gasteiger partial charge in [-0.05, 0) is 53.1 Å². The van der Waals surface area contributed by atoms with E-state index in [2.05, 4.69) is 53.8 Å². The molecule has 2 rings (SSSR count). The first-order valence-electron chi connectivity index (χ1n) is 8.11. The second-order valence-electron chi connectivity index (χ2n) is 6.26. The van der Waals surface area contributed by atoms with Gasteiger partial charge in [0.05, 0.1) is 11.4 Å². The zero-order valence-corrected chi connectivity index (χ0v) is 13.5. The van der Waals surface area contributed by atoms with Gasteiger partial charge in [0, 0.05) is 31.7 Å². The lowest BCUT2D eigenvalue weighted by molar-refractivity contribution is 0.172. The van der Waals surface area contributed by atoms with Crippen LogP contribution in [-0.4, -0.2) is 39.9 Å². The number of piperidine rings is 1. The van der Waals surface area contributed by atoms with E-state index in [0.29, 0.717) is 12.1 Å². The molecule has 0 saturated carbocycles. The minimum atomic E-state index is 0.569. The lowest BCUT2D eigenvalue weighted by atomic mass is 10.0. The maximum Gasteiger partial charge on any atom is 0.0597 e. The third-order valence-electron chi connectivity index (χ3n) is 4.25. The molecule has 1 fully saturated rings. The third kappa shape index (κ3) is 4.06. The summed E-state index contributed by atoms with van der Waals surface area (Å²) in [4.78, 5) is 2.58. The fraction of sp³-hybridized carbons (Fsp3) is 0.812. The van der Waals surface area contributed by atoms with E-state index in [0.717, 1.165) is 25.3 Å². The molecule has 4 nitrogen and oxygen atoms in total. The Bertz CT molecular complexity index is 405. The van der Waals surface area contributed by atoms with Gasteiger partial charge < -0.3 is 5.32 Å². The number of hydrogen-bond donors (Lipinski definition) is 1. The van der Waals surface area contributed by atoms with E-state index in [1.165, 1.54) is 31.5 Å². The van der Waals surface area contributed by atoms with Crippen LogP contribution >= 0.6 is 0 Å². The molecule has 1 unspecified atom stereocenters. The quantitative estimate of drug-likeness (QED) is 0.868. The van der Waals surface area contributed by atoms with E-state index in [4.69, 9.17) is 0 Å². The highest BCUT2D eigenvalue weighted by atomic mass is 15.3. The van der Waals surface area contributed by atoms with Crippen LogP contribution in [0.25, 0.3) is 0 Å². The van der Waals surface area contributed by atoms with Crippen LogP contribution in [0.4, 0.5) is 0 Å². The molecule has 0 aromatic carbocycles. The number of hydrogen-bond acceptors (Lipinski definition) is 3. The Morgan fingerprint density at radius 2 is 2.25 bits per heavy atom. The third-order valence-corrected chi connectivity index (χ3v) is 4.25. The first-order chi connectivity index (χ1) is 9.60. The predicted molar refractivity (Wildman–Crippen MR) is 83.8 cm³/mol. The van der Waals surface area contributed by atoms with E-state index < -0.39 is 0 Å². The smallest absolute Gasteiger partial charge is 0.0597 e. The summed E-state index contributed by atoms with van der Waals surface area (Å²) in [6.45, 7) is 13.1. The Morgan fingerprint density at radius 3 is 2.85 bits per heavy atom. The topological polar surface area (TPSA) is 33.1 Å². The monoisotopic (exact) mass is 278 g/mol. The normalized spacial score (nSPS) is 20.0. The molecule has 1 aromatic heterocycles. The first-order valence-corrected chi connectivity index (χ1v) is 8.11. The summed E-state index contributed by atoms with van der Waals surface area (Å²) in [5.74, 6) is 0. The van der Waals surface area contributed by atoms with Crippen molar-refractivity contribution in [2.24, 2.45) is 0 Å². The number of nitrogens with one attached hydrogen (secondary N) is 1. The standard InChI is InChI=1S/C16H30N4/c1-5-20-16(10-14(4)18-20)12-19(13(2)3)11-15-8-6-7-9-17-15/h10,13,15,17H,5-9,11-12H2,1-4H3. The lowest BCUT2D eigenvalue weighted by Gasteiger charge is -2.33. The summed E-state index contributed by atoms with van der Waals surface area (Å²) in [6, 6.07) is 3.46. The van der Waals surface area contributed by atoms with Crippen LogP contribution in [0.5, 0.6) is 0 Å². The van der Waals surface area contributed by atoms with E-state index in [1.807, 2.05) is 0 Å².